The first-order valence-electron chi connectivity index (χ1n) is 6.52. The van der Waals surface area contributed by atoms with Gasteiger partial charge in [0.25, 0.3) is 6.43 Å². The van der Waals surface area contributed by atoms with Crippen molar-refractivity contribution in [1.29, 1.82) is 0 Å². The lowest BCUT2D eigenvalue weighted by Crippen LogP contribution is -2.28. The number of allylic oxidation sites excluding steroid dienone is 3. The Bertz CT molecular complexity index is 656. The number of ether oxygens (including phenoxy) is 1. The zero-order valence-corrected chi connectivity index (χ0v) is 13.3. The lowest BCUT2D eigenvalue weighted by Gasteiger charge is -2.31. The summed E-state index contributed by atoms with van der Waals surface area (Å²) in [5, 5.41) is 0. The molecule has 5 heteroatoms. The Morgan fingerprint density at radius 3 is 2.55 bits per heavy atom. The van der Waals surface area contributed by atoms with E-state index in [0.29, 0.717) is 21.6 Å². The summed E-state index contributed by atoms with van der Waals surface area (Å²) in [7, 11) is 0. The van der Waals surface area contributed by atoms with Gasteiger partial charge in [-0.1, -0.05) is 12.5 Å². The normalized spacial score (nSPS) is 14.5. The van der Waals surface area contributed by atoms with E-state index in [2.05, 4.69) is 28.4 Å². The molecular weight excluding hydrogens is 352 g/mol. The van der Waals surface area contributed by atoms with Crippen LogP contribution in [0.5, 0.6) is 5.75 Å². The van der Waals surface area contributed by atoms with Crippen LogP contribution in [-0.2, 0) is 0 Å². The molecule has 114 valence electrons. The summed E-state index contributed by atoms with van der Waals surface area (Å²) in [6.07, 6.45) is 6.24. The molecule has 1 aliphatic heterocycles. The van der Waals surface area contributed by atoms with Gasteiger partial charge in [-0.25, -0.2) is 8.78 Å². The van der Waals surface area contributed by atoms with Crippen LogP contribution in [0.15, 0.2) is 53.2 Å². The van der Waals surface area contributed by atoms with Gasteiger partial charge in [0.05, 0.1) is 6.54 Å². The molecule has 2 rings (SSSR count). The molecule has 22 heavy (non-hydrogen) atoms. The van der Waals surface area contributed by atoms with Crippen LogP contribution < -0.4 is 4.74 Å². The van der Waals surface area contributed by atoms with Crippen LogP contribution in [0.4, 0.5) is 8.78 Å². The fourth-order valence-electron chi connectivity index (χ4n) is 2.06. The molecule has 0 aliphatic carbocycles. The van der Waals surface area contributed by atoms with Crippen molar-refractivity contribution in [2.45, 2.75) is 6.43 Å². The monoisotopic (exact) mass is 365 g/mol. The van der Waals surface area contributed by atoms with Crippen molar-refractivity contribution in [3.8, 4) is 18.1 Å². The van der Waals surface area contributed by atoms with Crippen LogP contribution in [0.3, 0.4) is 0 Å². The Balaban J connectivity index is 2.28. The van der Waals surface area contributed by atoms with E-state index in [1.165, 1.54) is 4.90 Å². The van der Waals surface area contributed by atoms with Gasteiger partial charge in [0.1, 0.15) is 12.4 Å². The third-order valence-electron chi connectivity index (χ3n) is 3.07. The lowest BCUT2D eigenvalue weighted by molar-refractivity contribution is 0.123. The van der Waals surface area contributed by atoms with Gasteiger partial charge < -0.3 is 9.64 Å². The fourth-order valence-corrected chi connectivity index (χ4v) is 2.40. The van der Waals surface area contributed by atoms with Crippen molar-refractivity contribution in [3.63, 3.8) is 0 Å². The maximum Gasteiger partial charge on any atom is 0.256 e. The number of hydrogen-bond donors (Lipinski definition) is 0. The van der Waals surface area contributed by atoms with Gasteiger partial charge in [-0.3, -0.25) is 0 Å². The molecule has 0 amide bonds. The van der Waals surface area contributed by atoms with Crippen molar-refractivity contribution < 1.29 is 13.5 Å². The summed E-state index contributed by atoms with van der Waals surface area (Å²) in [5.41, 5.74) is 1.97. The third kappa shape index (κ3) is 3.77. The van der Waals surface area contributed by atoms with Crippen LogP contribution in [0.2, 0.25) is 0 Å². The minimum Gasteiger partial charge on any atom is -0.481 e. The topological polar surface area (TPSA) is 12.5 Å². The van der Waals surface area contributed by atoms with Crippen LogP contribution in [0.25, 0.3) is 5.70 Å². The first-order valence-corrected chi connectivity index (χ1v) is 7.31. The van der Waals surface area contributed by atoms with E-state index in [-0.39, 0.29) is 6.61 Å². The highest BCUT2D eigenvalue weighted by Gasteiger charge is 2.23. The van der Waals surface area contributed by atoms with Crippen molar-refractivity contribution in [3.05, 3.63) is 58.7 Å². The molecule has 0 aromatic heterocycles. The summed E-state index contributed by atoms with van der Waals surface area (Å²) >= 11 is 3.32. The van der Waals surface area contributed by atoms with Crippen molar-refractivity contribution >= 4 is 21.6 Å². The molecule has 1 aliphatic rings. The van der Waals surface area contributed by atoms with Crippen LogP contribution >= 0.6 is 15.9 Å². The zero-order chi connectivity index (χ0) is 16.1. The van der Waals surface area contributed by atoms with Gasteiger partial charge in [0, 0.05) is 15.9 Å². The van der Waals surface area contributed by atoms with E-state index in [1.54, 1.807) is 36.4 Å². The Hall–Kier alpha value is -2.06. The van der Waals surface area contributed by atoms with E-state index >= 15 is 0 Å². The van der Waals surface area contributed by atoms with Gasteiger partial charge in [0.2, 0.25) is 0 Å². The molecule has 1 aromatic rings. The second kappa shape index (κ2) is 7.28. The van der Waals surface area contributed by atoms with E-state index in [1.807, 2.05) is 0 Å². The number of hydrogen-bond acceptors (Lipinski definition) is 2. The van der Waals surface area contributed by atoms with Gasteiger partial charge in [0.15, 0.2) is 0 Å². The highest BCUT2D eigenvalue weighted by molar-refractivity contribution is 9.12. The number of benzene rings is 1. The molecule has 2 nitrogen and oxygen atoms in total. The quantitative estimate of drug-likeness (QED) is 0.716. The molecule has 0 atom stereocenters. The molecule has 0 bridgehead atoms. The highest BCUT2D eigenvalue weighted by atomic mass is 79.9. The molecule has 0 unspecified atom stereocenters. The van der Waals surface area contributed by atoms with E-state index in [9.17, 15) is 8.78 Å². The van der Waals surface area contributed by atoms with Crippen molar-refractivity contribution in [2.75, 3.05) is 13.2 Å². The molecular formula is C17H14BrF2NO. The molecule has 0 saturated carbocycles. The van der Waals surface area contributed by atoms with Crippen LogP contribution in [0, 0.1) is 12.3 Å². The Kier molecular flexibility index (Phi) is 5.40. The van der Waals surface area contributed by atoms with Gasteiger partial charge >= 0.3 is 0 Å². The maximum absolute atomic E-state index is 12.8. The van der Waals surface area contributed by atoms with E-state index in [0.717, 1.165) is 5.56 Å². The molecule has 0 saturated heterocycles. The molecule has 0 spiro atoms. The number of alkyl halides is 2. The number of halogens is 3. The maximum atomic E-state index is 12.8. The molecule has 0 fully saturated rings. The molecule has 1 heterocycles. The Morgan fingerprint density at radius 1 is 1.27 bits per heavy atom. The van der Waals surface area contributed by atoms with Gasteiger partial charge in [-0.05, 0) is 57.9 Å². The standard InChI is InChI=1S/C17H14BrF2NO/c1-3-10-22-14-6-4-13(5-7-14)16-9-8-15(18)12(2)21(16)11-17(19)20/h1,4-9,17H,2,10-11H2. The smallest absolute Gasteiger partial charge is 0.256 e. The first kappa shape index (κ1) is 16.3. The van der Waals surface area contributed by atoms with Gasteiger partial charge in [-0.2, -0.15) is 0 Å². The molecule has 0 radical (unpaired) electrons. The predicted molar refractivity (Wildman–Crippen MR) is 87.6 cm³/mol. The van der Waals surface area contributed by atoms with E-state index in [4.69, 9.17) is 11.2 Å². The number of nitrogens with zero attached hydrogens (tertiary/aromatic N) is 1. The van der Waals surface area contributed by atoms with Crippen LogP contribution in [0.1, 0.15) is 5.56 Å². The highest BCUT2D eigenvalue weighted by Crippen LogP contribution is 2.34. The SMILES string of the molecule is C#CCOc1ccc(C2=CC=C(Br)C(=C)N2CC(F)F)cc1. The van der Waals surface area contributed by atoms with Crippen molar-refractivity contribution in [2.24, 2.45) is 0 Å². The van der Waals surface area contributed by atoms with Crippen molar-refractivity contribution in [1.82, 2.24) is 4.90 Å². The third-order valence-corrected chi connectivity index (χ3v) is 3.79. The molecule has 0 N–H and O–H groups in total. The fraction of sp³-hybridized carbons (Fsp3) is 0.176. The number of rotatable bonds is 5. The summed E-state index contributed by atoms with van der Waals surface area (Å²) in [6, 6.07) is 7.11. The summed E-state index contributed by atoms with van der Waals surface area (Å²) < 4.78 is 31.6. The second-order valence-corrected chi connectivity index (χ2v) is 5.39. The Morgan fingerprint density at radius 2 is 1.95 bits per heavy atom. The number of terminal acetylenes is 1. The average molecular weight is 366 g/mol. The summed E-state index contributed by atoms with van der Waals surface area (Å²) in [5.74, 6) is 3.02. The predicted octanol–water partition coefficient (Wildman–Crippen LogP) is 4.41. The van der Waals surface area contributed by atoms with Crippen LogP contribution in [-0.4, -0.2) is 24.5 Å². The lowest BCUT2D eigenvalue weighted by atomic mass is 10.1. The van der Waals surface area contributed by atoms with E-state index < -0.39 is 13.0 Å². The minimum atomic E-state index is -2.46. The zero-order valence-electron chi connectivity index (χ0n) is 11.7. The molecule has 1 aromatic carbocycles. The summed E-state index contributed by atoms with van der Waals surface area (Å²) in [6.45, 7) is 3.63. The summed E-state index contributed by atoms with van der Waals surface area (Å²) in [4.78, 5) is 1.49. The first-order chi connectivity index (χ1) is 10.5. The van der Waals surface area contributed by atoms with Gasteiger partial charge in [-0.15, -0.1) is 6.42 Å². The second-order valence-electron chi connectivity index (χ2n) is 4.53. The average Bonchev–Trinajstić information content (AvgIpc) is 2.50. The minimum absolute atomic E-state index is 0.187. The Labute approximate surface area is 136 Å². The largest absolute Gasteiger partial charge is 0.481 e.